The third kappa shape index (κ3) is 3.64. The van der Waals surface area contributed by atoms with Gasteiger partial charge in [-0.2, -0.15) is 0 Å². The zero-order valence-electron chi connectivity index (χ0n) is 14.2. The van der Waals surface area contributed by atoms with Gasteiger partial charge in [0.25, 0.3) is 0 Å². The summed E-state index contributed by atoms with van der Waals surface area (Å²) in [4.78, 5) is 23.8. The highest BCUT2D eigenvalue weighted by molar-refractivity contribution is 6.31. The predicted octanol–water partition coefficient (Wildman–Crippen LogP) is 3.35. The van der Waals surface area contributed by atoms with Crippen molar-refractivity contribution in [2.45, 2.75) is 39.2 Å². The first-order valence-electron chi connectivity index (χ1n) is 8.38. The first kappa shape index (κ1) is 18.1. The van der Waals surface area contributed by atoms with E-state index < -0.39 is 28.6 Å². The van der Waals surface area contributed by atoms with E-state index in [1.54, 1.807) is 0 Å². The van der Waals surface area contributed by atoms with Crippen molar-refractivity contribution >= 4 is 23.4 Å². The van der Waals surface area contributed by atoms with Gasteiger partial charge in [-0.3, -0.25) is 9.59 Å². The van der Waals surface area contributed by atoms with Gasteiger partial charge in [-0.1, -0.05) is 31.5 Å². The monoisotopic (exact) mass is 370 g/mol. The summed E-state index contributed by atoms with van der Waals surface area (Å²) in [5.41, 5.74) is 0.316. The molecule has 1 heterocycles. The van der Waals surface area contributed by atoms with Crippen LogP contribution in [0.15, 0.2) is 12.1 Å². The number of halogens is 3. The smallest absolute Gasteiger partial charge is 0.225 e. The van der Waals surface area contributed by atoms with E-state index in [0.717, 1.165) is 18.9 Å². The van der Waals surface area contributed by atoms with Crippen molar-refractivity contribution < 1.29 is 18.4 Å². The SMILES string of the molecule is CC1(C)CC([C@@H](NC(=O)[C@@H]2CNC(=O)C2)c2ccc(F)c(Cl)c2F)C1. The van der Waals surface area contributed by atoms with Gasteiger partial charge < -0.3 is 10.6 Å². The zero-order valence-corrected chi connectivity index (χ0v) is 14.9. The Labute approximate surface area is 150 Å². The molecule has 1 aromatic rings. The number of carbonyl (C=O) groups is 2. The summed E-state index contributed by atoms with van der Waals surface area (Å²) in [6.07, 6.45) is 1.75. The van der Waals surface area contributed by atoms with Crippen molar-refractivity contribution in [1.82, 2.24) is 10.6 Å². The van der Waals surface area contributed by atoms with E-state index in [1.807, 2.05) is 0 Å². The lowest BCUT2D eigenvalue weighted by Gasteiger charge is -2.47. The fourth-order valence-electron chi connectivity index (χ4n) is 3.89. The minimum Gasteiger partial charge on any atom is -0.355 e. The van der Waals surface area contributed by atoms with Gasteiger partial charge in [0.2, 0.25) is 11.8 Å². The Morgan fingerprint density at radius 3 is 2.60 bits per heavy atom. The molecule has 1 saturated carbocycles. The average Bonchev–Trinajstić information content (AvgIpc) is 2.95. The van der Waals surface area contributed by atoms with E-state index in [1.165, 1.54) is 6.07 Å². The third-order valence-corrected chi connectivity index (χ3v) is 5.49. The summed E-state index contributed by atoms with van der Waals surface area (Å²) in [7, 11) is 0. The highest BCUT2D eigenvalue weighted by atomic mass is 35.5. The molecule has 1 aromatic carbocycles. The van der Waals surface area contributed by atoms with Gasteiger partial charge in [-0.05, 0) is 30.2 Å². The lowest BCUT2D eigenvalue weighted by atomic mass is 9.61. The molecular weight excluding hydrogens is 350 g/mol. The standard InChI is InChI=1S/C18H21ClF2N2O2/c1-18(2)6-10(7-18)16(11-3-4-12(20)14(19)15(11)21)23-17(25)9-5-13(24)22-8-9/h3-4,9-10,16H,5-8H2,1-2H3,(H,22,24)(H,23,25)/t9-,16+/m0/s1. The molecule has 0 spiro atoms. The second-order valence-electron chi connectivity index (χ2n) is 7.79. The largest absolute Gasteiger partial charge is 0.355 e. The maximum absolute atomic E-state index is 14.5. The molecule has 1 aliphatic carbocycles. The Kier molecular flexibility index (Phi) is 4.75. The average molecular weight is 371 g/mol. The second-order valence-corrected chi connectivity index (χ2v) is 8.17. The molecule has 4 nitrogen and oxygen atoms in total. The van der Waals surface area contributed by atoms with Crippen LogP contribution in [-0.2, 0) is 9.59 Å². The first-order valence-corrected chi connectivity index (χ1v) is 8.76. The van der Waals surface area contributed by atoms with Crippen LogP contribution in [0.5, 0.6) is 0 Å². The molecule has 1 aliphatic heterocycles. The highest BCUT2D eigenvalue weighted by Gasteiger charge is 2.43. The number of rotatable bonds is 4. The third-order valence-electron chi connectivity index (χ3n) is 5.15. The minimum atomic E-state index is -0.836. The highest BCUT2D eigenvalue weighted by Crippen LogP contribution is 2.51. The molecule has 0 aromatic heterocycles. The second kappa shape index (κ2) is 6.56. The summed E-state index contributed by atoms with van der Waals surface area (Å²) in [6, 6.07) is 1.87. The number of amides is 2. The lowest BCUT2D eigenvalue weighted by Crippen LogP contribution is -2.45. The molecule has 2 atom stereocenters. The Bertz CT molecular complexity index is 715. The molecular formula is C18H21ClF2N2O2. The summed E-state index contributed by atoms with van der Waals surface area (Å²) >= 11 is 5.71. The van der Waals surface area contributed by atoms with Gasteiger partial charge in [-0.25, -0.2) is 8.78 Å². The van der Waals surface area contributed by atoms with Crippen molar-refractivity contribution in [2.24, 2.45) is 17.3 Å². The number of hydrogen-bond acceptors (Lipinski definition) is 2. The maximum atomic E-state index is 14.5. The van der Waals surface area contributed by atoms with Crippen molar-refractivity contribution in [1.29, 1.82) is 0 Å². The molecule has 0 radical (unpaired) electrons. The summed E-state index contributed by atoms with van der Waals surface area (Å²) in [5.74, 6) is -2.56. The van der Waals surface area contributed by atoms with Crippen molar-refractivity contribution in [3.8, 4) is 0 Å². The van der Waals surface area contributed by atoms with E-state index in [4.69, 9.17) is 11.6 Å². The number of hydrogen-bond donors (Lipinski definition) is 2. The Morgan fingerprint density at radius 1 is 1.36 bits per heavy atom. The fraction of sp³-hybridized carbons (Fsp3) is 0.556. The summed E-state index contributed by atoms with van der Waals surface area (Å²) < 4.78 is 28.0. The molecule has 2 N–H and O–H groups in total. The van der Waals surface area contributed by atoms with Crippen LogP contribution in [-0.4, -0.2) is 18.4 Å². The van der Waals surface area contributed by atoms with E-state index >= 15 is 0 Å². The van der Waals surface area contributed by atoms with Crippen molar-refractivity contribution in [2.75, 3.05) is 6.54 Å². The van der Waals surface area contributed by atoms with Crippen LogP contribution >= 0.6 is 11.6 Å². The topological polar surface area (TPSA) is 58.2 Å². The van der Waals surface area contributed by atoms with E-state index in [-0.39, 0.29) is 41.7 Å². The van der Waals surface area contributed by atoms with E-state index in [9.17, 15) is 18.4 Å². The molecule has 0 unspecified atom stereocenters. The quantitative estimate of drug-likeness (QED) is 0.798. The molecule has 7 heteroatoms. The molecule has 1 saturated heterocycles. The molecule has 3 rings (SSSR count). The van der Waals surface area contributed by atoms with Crippen LogP contribution in [0.1, 0.15) is 44.7 Å². The van der Waals surface area contributed by atoms with Crippen molar-refractivity contribution in [3.05, 3.63) is 34.4 Å². The summed E-state index contributed by atoms with van der Waals surface area (Å²) in [5, 5.41) is 4.93. The fourth-order valence-corrected chi connectivity index (χ4v) is 4.06. The maximum Gasteiger partial charge on any atom is 0.225 e. The normalized spacial score (nSPS) is 23.7. The minimum absolute atomic E-state index is 0.0417. The Morgan fingerprint density at radius 2 is 2.04 bits per heavy atom. The van der Waals surface area contributed by atoms with Gasteiger partial charge in [0, 0.05) is 18.5 Å². The van der Waals surface area contributed by atoms with Gasteiger partial charge in [0.1, 0.15) is 16.7 Å². The number of nitrogens with one attached hydrogen (secondary N) is 2. The van der Waals surface area contributed by atoms with Crippen LogP contribution < -0.4 is 10.6 Å². The molecule has 136 valence electrons. The molecule has 2 fully saturated rings. The Hall–Kier alpha value is -1.69. The summed E-state index contributed by atoms with van der Waals surface area (Å²) in [6.45, 7) is 4.49. The molecule has 2 amide bonds. The van der Waals surface area contributed by atoms with Crippen LogP contribution in [0.3, 0.4) is 0 Å². The molecule has 2 aliphatic rings. The van der Waals surface area contributed by atoms with E-state index in [0.29, 0.717) is 0 Å². The lowest BCUT2D eigenvalue weighted by molar-refractivity contribution is -0.128. The van der Waals surface area contributed by atoms with Crippen LogP contribution in [0.25, 0.3) is 0 Å². The number of benzene rings is 1. The van der Waals surface area contributed by atoms with Gasteiger partial charge in [0.05, 0.1) is 12.0 Å². The van der Waals surface area contributed by atoms with Gasteiger partial charge in [0.15, 0.2) is 0 Å². The van der Waals surface area contributed by atoms with Crippen LogP contribution in [0.2, 0.25) is 5.02 Å². The molecule has 0 bridgehead atoms. The van der Waals surface area contributed by atoms with Gasteiger partial charge in [-0.15, -0.1) is 0 Å². The Balaban J connectivity index is 1.85. The van der Waals surface area contributed by atoms with Crippen LogP contribution in [0, 0.1) is 28.9 Å². The van der Waals surface area contributed by atoms with Crippen molar-refractivity contribution in [3.63, 3.8) is 0 Å². The first-order chi connectivity index (χ1) is 11.7. The van der Waals surface area contributed by atoms with Crippen LogP contribution in [0.4, 0.5) is 8.78 Å². The predicted molar refractivity (Wildman–Crippen MR) is 89.9 cm³/mol. The zero-order chi connectivity index (χ0) is 18.4. The number of carbonyl (C=O) groups excluding carboxylic acids is 2. The van der Waals surface area contributed by atoms with E-state index in [2.05, 4.69) is 24.5 Å². The molecule has 25 heavy (non-hydrogen) atoms. The van der Waals surface area contributed by atoms with Gasteiger partial charge >= 0.3 is 0 Å².